The highest BCUT2D eigenvalue weighted by Crippen LogP contribution is 2.27. The van der Waals surface area contributed by atoms with Crippen LogP contribution in [0.1, 0.15) is 43.9 Å². The summed E-state index contributed by atoms with van der Waals surface area (Å²) in [7, 11) is 0. The zero-order valence-electron chi connectivity index (χ0n) is 13.5. The van der Waals surface area contributed by atoms with Crippen LogP contribution in [-0.2, 0) is 0 Å². The molecule has 1 aromatic carbocycles. The van der Waals surface area contributed by atoms with Crippen LogP contribution in [0.3, 0.4) is 0 Å². The van der Waals surface area contributed by atoms with Crippen LogP contribution >= 0.6 is 0 Å². The molecule has 0 amide bonds. The van der Waals surface area contributed by atoms with Gasteiger partial charge in [-0.25, -0.2) is 0 Å². The quantitative estimate of drug-likeness (QED) is 0.788. The molecule has 0 aliphatic heterocycles. The average Bonchev–Trinajstić information content (AvgIpc) is 2.38. The Morgan fingerprint density at radius 3 is 2.24 bits per heavy atom. The molecule has 0 saturated heterocycles. The molecule has 0 aromatic heterocycles. The molecular formula is C17H25F2NO. The zero-order chi connectivity index (χ0) is 16.0. The predicted molar refractivity (Wildman–Crippen MR) is 84.0 cm³/mol. The van der Waals surface area contributed by atoms with E-state index in [1.807, 2.05) is 12.1 Å². The number of aryl methyl sites for hydroxylation is 2. The maximum atomic E-state index is 12.4. The minimum atomic E-state index is -2.79. The number of hydrogen-bond donors (Lipinski definition) is 1. The van der Waals surface area contributed by atoms with Gasteiger partial charge in [-0.3, -0.25) is 0 Å². The summed E-state index contributed by atoms with van der Waals surface area (Å²) in [5.41, 5.74) is 3.77. The molecule has 0 saturated carbocycles. The Balaban J connectivity index is 2.98. The van der Waals surface area contributed by atoms with Gasteiger partial charge in [0.2, 0.25) is 0 Å². The van der Waals surface area contributed by atoms with Crippen molar-refractivity contribution in [3.05, 3.63) is 34.4 Å². The smallest absolute Gasteiger partial charge is 0.387 e. The van der Waals surface area contributed by atoms with E-state index < -0.39 is 6.61 Å². The van der Waals surface area contributed by atoms with Crippen LogP contribution in [0.25, 0.3) is 6.08 Å². The number of benzene rings is 1. The van der Waals surface area contributed by atoms with Gasteiger partial charge in [-0.1, -0.05) is 32.4 Å². The summed E-state index contributed by atoms with van der Waals surface area (Å²) in [5, 5.41) is 3.39. The lowest BCUT2D eigenvalue weighted by molar-refractivity contribution is -0.0507. The second-order valence-corrected chi connectivity index (χ2v) is 5.55. The van der Waals surface area contributed by atoms with Crippen molar-refractivity contribution < 1.29 is 13.5 Å². The summed E-state index contributed by atoms with van der Waals surface area (Å²) in [6, 6.07) is 4.20. The molecule has 0 unspecified atom stereocenters. The average molecular weight is 297 g/mol. The Hall–Kier alpha value is -1.42. The third-order valence-electron chi connectivity index (χ3n) is 3.25. The SMILES string of the molecule is CCC(=Cc1cc(C)c(OC(F)F)c(C)c1)CNC(C)C. The molecule has 0 spiro atoms. The van der Waals surface area contributed by atoms with Crippen molar-refractivity contribution in [2.45, 2.75) is 53.7 Å². The lowest BCUT2D eigenvalue weighted by Crippen LogP contribution is -2.24. The molecule has 0 bridgehead atoms. The Kier molecular flexibility index (Phi) is 6.82. The highest BCUT2D eigenvalue weighted by molar-refractivity contribution is 5.58. The fourth-order valence-electron chi connectivity index (χ4n) is 2.19. The van der Waals surface area contributed by atoms with Crippen molar-refractivity contribution in [1.82, 2.24) is 5.32 Å². The largest absolute Gasteiger partial charge is 0.434 e. The van der Waals surface area contributed by atoms with E-state index in [-0.39, 0.29) is 5.75 Å². The number of nitrogens with one attached hydrogen (secondary N) is 1. The van der Waals surface area contributed by atoms with Gasteiger partial charge in [0.25, 0.3) is 0 Å². The molecule has 1 rings (SSSR count). The van der Waals surface area contributed by atoms with Gasteiger partial charge in [0, 0.05) is 12.6 Å². The van der Waals surface area contributed by atoms with E-state index in [1.54, 1.807) is 13.8 Å². The first-order valence-electron chi connectivity index (χ1n) is 7.32. The Morgan fingerprint density at radius 1 is 1.24 bits per heavy atom. The molecule has 0 atom stereocenters. The normalized spacial score (nSPS) is 12.3. The fourth-order valence-corrected chi connectivity index (χ4v) is 2.19. The van der Waals surface area contributed by atoms with Gasteiger partial charge in [-0.05, 0) is 49.1 Å². The van der Waals surface area contributed by atoms with Gasteiger partial charge in [0.1, 0.15) is 5.75 Å². The van der Waals surface area contributed by atoms with E-state index in [4.69, 9.17) is 0 Å². The molecule has 21 heavy (non-hydrogen) atoms. The third kappa shape index (κ3) is 5.84. The molecule has 118 valence electrons. The van der Waals surface area contributed by atoms with Crippen LogP contribution in [-0.4, -0.2) is 19.2 Å². The van der Waals surface area contributed by atoms with Crippen LogP contribution < -0.4 is 10.1 Å². The van der Waals surface area contributed by atoms with Crippen LogP contribution in [0.15, 0.2) is 17.7 Å². The maximum Gasteiger partial charge on any atom is 0.387 e. The lowest BCUT2D eigenvalue weighted by Gasteiger charge is -2.14. The number of ether oxygens (including phenoxy) is 1. The number of hydrogen-bond acceptors (Lipinski definition) is 2. The Labute approximate surface area is 126 Å². The van der Waals surface area contributed by atoms with E-state index in [2.05, 4.69) is 36.9 Å². The van der Waals surface area contributed by atoms with Crippen molar-refractivity contribution in [3.63, 3.8) is 0 Å². The Morgan fingerprint density at radius 2 is 1.81 bits per heavy atom. The van der Waals surface area contributed by atoms with E-state index in [1.165, 1.54) is 5.57 Å². The molecule has 1 N–H and O–H groups in total. The zero-order valence-corrected chi connectivity index (χ0v) is 13.5. The molecule has 1 aromatic rings. The van der Waals surface area contributed by atoms with Gasteiger partial charge in [-0.15, -0.1) is 0 Å². The topological polar surface area (TPSA) is 21.3 Å². The minimum Gasteiger partial charge on any atom is -0.434 e. The summed E-state index contributed by atoms with van der Waals surface area (Å²) in [5.74, 6) is 0.278. The molecule has 0 aliphatic rings. The minimum absolute atomic E-state index is 0.278. The second-order valence-electron chi connectivity index (χ2n) is 5.55. The van der Waals surface area contributed by atoms with Crippen LogP contribution in [0.4, 0.5) is 8.78 Å². The summed E-state index contributed by atoms with van der Waals surface area (Å²) >= 11 is 0. The number of halogens is 2. The first-order chi connectivity index (χ1) is 9.83. The Bertz CT molecular complexity index is 473. The highest BCUT2D eigenvalue weighted by Gasteiger charge is 2.11. The van der Waals surface area contributed by atoms with Crippen LogP contribution in [0.2, 0.25) is 0 Å². The van der Waals surface area contributed by atoms with Gasteiger partial charge < -0.3 is 10.1 Å². The van der Waals surface area contributed by atoms with E-state index in [0.717, 1.165) is 29.7 Å². The molecule has 2 nitrogen and oxygen atoms in total. The van der Waals surface area contributed by atoms with Gasteiger partial charge >= 0.3 is 6.61 Å². The van der Waals surface area contributed by atoms with Crippen molar-refractivity contribution in [3.8, 4) is 5.75 Å². The van der Waals surface area contributed by atoms with Crippen molar-refractivity contribution in [1.29, 1.82) is 0 Å². The first-order valence-corrected chi connectivity index (χ1v) is 7.32. The molecule has 0 aliphatic carbocycles. The summed E-state index contributed by atoms with van der Waals surface area (Å²) in [6.45, 7) is 7.96. The maximum absolute atomic E-state index is 12.4. The first kappa shape index (κ1) is 17.6. The summed E-state index contributed by atoms with van der Waals surface area (Å²) < 4.78 is 29.3. The molecular weight excluding hydrogens is 272 g/mol. The predicted octanol–water partition coefficient (Wildman–Crippen LogP) is 4.70. The van der Waals surface area contributed by atoms with Gasteiger partial charge in [0.05, 0.1) is 0 Å². The molecule has 0 fully saturated rings. The summed E-state index contributed by atoms with van der Waals surface area (Å²) in [6.07, 6.45) is 3.06. The number of alkyl halides is 2. The van der Waals surface area contributed by atoms with Crippen molar-refractivity contribution >= 4 is 6.08 Å². The molecule has 4 heteroatoms. The van der Waals surface area contributed by atoms with E-state index >= 15 is 0 Å². The lowest BCUT2D eigenvalue weighted by atomic mass is 10.0. The monoisotopic (exact) mass is 297 g/mol. The van der Waals surface area contributed by atoms with Gasteiger partial charge in [-0.2, -0.15) is 8.78 Å². The fraction of sp³-hybridized carbons (Fsp3) is 0.529. The van der Waals surface area contributed by atoms with E-state index in [9.17, 15) is 8.78 Å². The van der Waals surface area contributed by atoms with Crippen LogP contribution in [0, 0.1) is 13.8 Å². The molecule has 0 radical (unpaired) electrons. The van der Waals surface area contributed by atoms with Crippen molar-refractivity contribution in [2.75, 3.05) is 6.54 Å². The van der Waals surface area contributed by atoms with Gasteiger partial charge in [0.15, 0.2) is 0 Å². The third-order valence-corrected chi connectivity index (χ3v) is 3.25. The molecule has 0 heterocycles. The van der Waals surface area contributed by atoms with Crippen molar-refractivity contribution in [2.24, 2.45) is 0 Å². The summed E-state index contributed by atoms with van der Waals surface area (Å²) in [4.78, 5) is 0. The number of rotatable bonds is 7. The van der Waals surface area contributed by atoms with Crippen LogP contribution in [0.5, 0.6) is 5.75 Å². The standard InChI is InChI=1S/C17H25F2NO/c1-6-14(10-20-11(2)3)9-15-7-12(4)16(13(5)8-15)21-17(18)19/h7-9,11,17,20H,6,10H2,1-5H3. The highest BCUT2D eigenvalue weighted by atomic mass is 19.3. The van der Waals surface area contributed by atoms with E-state index in [0.29, 0.717) is 6.04 Å². The second kappa shape index (κ2) is 8.13.